The van der Waals surface area contributed by atoms with Gasteiger partial charge in [0.05, 0.1) is 6.61 Å². The maximum atomic E-state index is 12.8. The van der Waals surface area contributed by atoms with Gasteiger partial charge in [0.1, 0.15) is 6.04 Å². The molecule has 0 aliphatic carbocycles. The standard InChI is InChI=1S/C16H25N2O5P/c1-5-23-15(19)14(11-13-9-7-6-8-10-13)18-24(21,22-4)16(20)17-12(2)3/h6-10,12,14H,5,11H2,1-4H3,(H,17,20)(H,18,21). The first kappa shape index (κ1) is 20.4. The zero-order valence-corrected chi connectivity index (χ0v) is 15.3. The molecule has 7 nitrogen and oxygen atoms in total. The molecule has 1 aromatic carbocycles. The lowest BCUT2D eigenvalue weighted by Gasteiger charge is -2.23. The Kier molecular flexibility index (Phi) is 8.11. The van der Waals surface area contributed by atoms with Gasteiger partial charge in [0.15, 0.2) is 0 Å². The molecular formula is C16H25N2O5P. The van der Waals surface area contributed by atoms with Crippen LogP contribution in [0.15, 0.2) is 30.3 Å². The van der Waals surface area contributed by atoms with Crippen LogP contribution in [0.5, 0.6) is 0 Å². The van der Waals surface area contributed by atoms with E-state index in [1.165, 1.54) is 7.11 Å². The molecule has 0 fully saturated rings. The lowest BCUT2D eigenvalue weighted by Crippen LogP contribution is -2.42. The molecule has 134 valence electrons. The zero-order chi connectivity index (χ0) is 18.2. The second-order valence-electron chi connectivity index (χ2n) is 5.46. The van der Waals surface area contributed by atoms with Gasteiger partial charge in [-0.3, -0.25) is 14.2 Å². The van der Waals surface area contributed by atoms with Crippen LogP contribution in [0.3, 0.4) is 0 Å². The molecule has 0 aliphatic heterocycles. The Hall–Kier alpha value is -1.69. The molecule has 0 saturated carbocycles. The lowest BCUT2D eigenvalue weighted by atomic mass is 10.1. The van der Waals surface area contributed by atoms with Gasteiger partial charge < -0.3 is 14.6 Å². The third kappa shape index (κ3) is 6.07. The largest absolute Gasteiger partial charge is 0.465 e. The summed E-state index contributed by atoms with van der Waals surface area (Å²) in [5, 5.41) is 5.10. The molecule has 0 heterocycles. The molecule has 2 atom stereocenters. The minimum atomic E-state index is -3.92. The summed E-state index contributed by atoms with van der Waals surface area (Å²) >= 11 is 0. The molecule has 0 saturated heterocycles. The Bertz CT molecular complexity index is 591. The second kappa shape index (κ2) is 9.57. The lowest BCUT2D eigenvalue weighted by molar-refractivity contribution is -0.145. The fourth-order valence-corrected chi connectivity index (χ4v) is 3.43. The van der Waals surface area contributed by atoms with E-state index in [9.17, 15) is 14.2 Å². The number of ether oxygens (including phenoxy) is 1. The van der Waals surface area contributed by atoms with Gasteiger partial charge in [0.25, 0.3) is 0 Å². The number of rotatable bonds is 9. The number of hydrogen-bond acceptors (Lipinski definition) is 5. The number of esters is 1. The molecule has 1 aromatic rings. The van der Waals surface area contributed by atoms with Crippen molar-refractivity contribution in [1.82, 2.24) is 10.4 Å². The second-order valence-corrected chi connectivity index (χ2v) is 7.59. The highest BCUT2D eigenvalue weighted by Crippen LogP contribution is 2.43. The van der Waals surface area contributed by atoms with Crippen LogP contribution in [0.2, 0.25) is 0 Å². The fourth-order valence-electron chi connectivity index (χ4n) is 2.01. The summed E-state index contributed by atoms with van der Waals surface area (Å²) in [5.74, 6) is -0.587. The minimum Gasteiger partial charge on any atom is -0.465 e. The average Bonchev–Trinajstić information content (AvgIpc) is 2.54. The molecule has 0 spiro atoms. The van der Waals surface area contributed by atoms with Crippen molar-refractivity contribution in [2.75, 3.05) is 13.7 Å². The first-order valence-corrected chi connectivity index (χ1v) is 9.40. The monoisotopic (exact) mass is 356 g/mol. The third-order valence-corrected chi connectivity index (χ3v) is 4.95. The van der Waals surface area contributed by atoms with Gasteiger partial charge in [0, 0.05) is 13.2 Å². The van der Waals surface area contributed by atoms with E-state index < -0.39 is 25.2 Å². The molecular weight excluding hydrogens is 331 g/mol. The molecule has 1 amide bonds. The van der Waals surface area contributed by atoms with Gasteiger partial charge in [-0.05, 0) is 32.8 Å². The summed E-state index contributed by atoms with van der Waals surface area (Å²) in [6.45, 7) is 5.34. The smallest absolute Gasteiger partial charge is 0.356 e. The van der Waals surface area contributed by atoms with Crippen molar-refractivity contribution in [3.05, 3.63) is 35.9 Å². The van der Waals surface area contributed by atoms with Crippen molar-refractivity contribution in [2.24, 2.45) is 0 Å². The van der Waals surface area contributed by atoms with Crippen molar-refractivity contribution in [3.63, 3.8) is 0 Å². The van der Waals surface area contributed by atoms with Crippen LogP contribution in [0, 0.1) is 0 Å². The third-order valence-electron chi connectivity index (χ3n) is 3.12. The summed E-state index contributed by atoms with van der Waals surface area (Å²) in [6, 6.07) is 8.01. The fraction of sp³-hybridized carbons (Fsp3) is 0.500. The molecule has 1 rings (SSSR count). The predicted octanol–water partition coefficient (Wildman–Crippen LogP) is 2.71. The van der Waals surface area contributed by atoms with Crippen molar-refractivity contribution in [3.8, 4) is 0 Å². The number of nitrogens with one attached hydrogen (secondary N) is 2. The topological polar surface area (TPSA) is 93.7 Å². The van der Waals surface area contributed by atoms with E-state index in [-0.39, 0.29) is 19.1 Å². The summed E-state index contributed by atoms with van der Waals surface area (Å²) in [7, 11) is -2.75. The quantitative estimate of drug-likeness (QED) is 0.522. The molecule has 0 radical (unpaired) electrons. The number of carbonyl (C=O) groups excluding carboxylic acids is 2. The molecule has 8 heteroatoms. The van der Waals surface area contributed by atoms with E-state index in [0.29, 0.717) is 0 Å². The van der Waals surface area contributed by atoms with Crippen LogP contribution < -0.4 is 10.4 Å². The van der Waals surface area contributed by atoms with Crippen LogP contribution in [-0.4, -0.2) is 37.4 Å². The van der Waals surface area contributed by atoms with E-state index in [1.807, 2.05) is 30.3 Å². The normalized spacial score (nSPS) is 14.7. The van der Waals surface area contributed by atoms with Crippen LogP contribution in [0.4, 0.5) is 4.79 Å². The molecule has 2 unspecified atom stereocenters. The number of amides is 1. The van der Waals surface area contributed by atoms with Crippen LogP contribution in [0.1, 0.15) is 26.3 Å². The molecule has 0 bridgehead atoms. The van der Waals surface area contributed by atoms with Crippen LogP contribution >= 0.6 is 7.52 Å². The number of benzene rings is 1. The minimum absolute atomic E-state index is 0.182. The predicted molar refractivity (Wildman–Crippen MR) is 92.0 cm³/mol. The zero-order valence-electron chi connectivity index (χ0n) is 14.4. The number of hydrogen-bond donors (Lipinski definition) is 2. The summed E-state index contributed by atoms with van der Waals surface area (Å²) < 4.78 is 22.7. The van der Waals surface area contributed by atoms with E-state index in [1.54, 1.807) is 20.8 Å². The van der Waals surface area contributed by atoms with Crippen LogP contribution in [0.25, 0.3) is 0 Å². The molecule has 2 N–H and O–H groups in total. The van der Waals surface area contributed by atoms with Gasteiger partial charge >= 0.3 is 19.1 Å². The summed E-state index contributed by atoms with van der Waals surface area (Å²) in [6.07, 6.45) is 0.224. The average molecular weight is 356 g/mol. The van der Waals surface area contributed by atoms with Gasteiger partial charge in [-0.1, -0.05) is 30.3 Å². The van der Waals surface area contributed by atoms with Gasteiger partial charge in [-0.15, -0.1) is 0 Å². The first-order valence-electron chi connectivity index (χ1n) is 7.77. The Labute approximate surface area is 142 Å². The highest BCUT2D eigenvalue weighted by molar-refractivity contribution is 7.74. The van der Waals surface area contributed by atoms with Crippen molar-refractivity contribution in [2.45, 2.75) is 39.3 Å². The Morgan fingerprint density at radius 1 is 1.21 bits per heavy atom. The van der Waals surface area contributed by atoms with Gasteiger partial charge in [-0.2, -0.15) is 0 Å². The Morgan fingerprint density at radius 3 is 2.33 bits per heavy atom. The maximum Gasteiger partial charge on any atom is 0.356 e. The maximum absolute atomic E-state index is 12.8. The van der Waals surface area contributed by atoms with E-state index in [4.69, 9.17) is 9.26 Å². The molecule has 24 heavy (non-hydrogen) atoms. The summed E-state index contributed by atoms with van der Waals surface area (Å²) in [4.78, 5) is 24.4. The first-order chi connectivity index (χ1) is 11.3. The van der Waals surface area contributed by atoms with Gasteiger partial charge in [0.2, 0.25) is 0 Å². The van der Waals surface area contributed by atoms with E-state index >= 15 is 0 Å². The highest BCUT2D eigenvalue weighted by atomic mass is 31.2. The van der Waals surface area contributed by atoms with E-state index in [2.05, 4.69) is 10.4 Å². The van der Waals surface area contributed by atoms with Crippen molar-refractivity contribution in [1.29, 1.82) is 0 Å². The Morgan fingerprint density at radius 2 is 1.83 bits per heavy atom. The SMILES string of the molecule is CCOC(=O)C(Cc1ccccc1)NP(=O)(OC)C(=O)NC(C)C. The highest BCUT2D eigenvalue weighted by Gasteiger charge is 2.37. The van der Waals surface area contributed by atoms with Crippen LogP contribution in [-0.2, 0) is 25.0 Å². The number of carbonyl (C=O) groups is 2. The van der Waals surface area contributed by atoms with Gasteiger partial charge in [-0.25, -0.2) is 5.09 Å². The summed E-state index contributed by atoms with van der Waals surface area (Å²) in [5.41, 5.74) is 0.0670. The Balaban J connectivity index is 2.98. The van der Waals surface area contributed by atoms with Crippen molar-refractivity contribution < 1.29 is 23.4 Å². The molecule has 0 aromatic heterocycles. The molecule has 0 aliphatic rings. The van der Waals surface area contributed by atoms with E-state index in [0.717, 1.165) is 5.56 Å². The van der Waals surface area contributed by atoms with Crippen molar-refractivity contribution >= 4 is 19.1 Å².